The van der Waals surface area contributed by atoms with Gasteiger partial charge in [0.2, 0.25) is 0 Å². The van der Waals surface area contributed by atoms with E-state index in [-0.39, 0.29) is 0 Å². The molecule has 3 heteroatoms. The molecule has 2 rings (SSSR count). The van der Waals surface area contributed by atoms with Crippen molar-refractivity contribution in [1.29, 1.82) is 0 Å². The number of rotatable bonds is 8. The minimum Gasteiger partial charge on any atom is -0.457 e. The highest BCUT2D eigenvalue weighted by Gasteiger charge is 2.02. The first-order valence-electron chi connectivity index (χ1n) is 7.43. The molecule has 0 fully saturated rings. The molecule has 0 amide bonds. The predicted octanol–water partition coefficient (Wildman–Crippen LogP) is 3.52. The third kappa shape index (κ3) is 5.58. The van der Waals surface area contributed by atoms with Crippen molar-refractivity contribution in [3.63, 3.8) is 0 Å². The zero-order chi connectivity index (χ0) is 14.9. The van der Waals surface area contributed by atoms with Crippen LogP contribution in [-0.4, -0.2) is 32.1 Å². The summed E-state index contributed by atoms with van der Waals surface area (Å²) in [5.74, 6) is 1.76. The highest BCUT2D eigenvalue weighted by molar-refractivity contribution is 5.33. The van der Waals surface area contributed by atoms with Gasteiger partial charge in [-0.1, -0.05) is 30.3 Å². The maximum atomic E-state index is 5.87. The number of hydrogen-bond acceptors (Lipinski definition) is 3. The molecule has 0 saturated carbocycles. The molecule has 21 heavy (non-hydrogen) atoms. The molecular formula is C18H24N2O. The summed E-state index contributed by atoms with van der Waals surface area (Å²) in [5, 5.41) is 3.18. The maximum Gasteiger partial charge on any atom is 0.127 e. The summed E-state index contributed by atoms with van der Waals surface area (Å²) in [7, 11) is 4.14. The Labute approximate surface area is 127 Å². The van der Waals surface area contributed by atoms with Crippen LogP contribution in [0, 0.1) is 0 Å². The number of para-hydroxylation sites is 1. The van der Waals surface area contributed by atoms with E-state index in [0.29, 0.717) is 0 Å². The van der Waals surface area contributed by atoms with E-state index < -0.39 is 0 Å². The lowest BCUT2D eigenvalue weighted by Crippen LogP contribution is -2.22. The van der Waals surface area contributed by atoms with E-state index in [4.69, 9.17) is 4.74 Å². The Balaban J connectivity index is 1.91. The van der Waals surface area contributed by atoms with Crippen LogP contribution < -0.4 is 10.1 Å². The Hall–Kier alpha value is -1.84. The Morgan fingerprint density at radius 3 is 2.52 bits per heavy atom. The molecule has 0 aliphatic heterocycles. The van der Waals surface area contributed by atoms with Crippen molar-refractivity contribution in [2.45, 2.75) is 13.0 Å². The van der Waals surface area contributed by atoms with Gasteiger partial charge in [0.15, 0.2) is 0 Å². The van der Waals surface area contributed by atoms with E-state index in [2.05, 4.69) is 35.5 Å². The zero-order valence-corrected chi connectivity index (χ0v) is 12.9. The van der Waals surface area contributed by atoms with Crippen molar-refractivity contribution < 1.29 is 4.74 Å². The van der Waals surface area contributed by atoms with Gasteiger partial charge in [0.25, 0.3) is 0 Å². The summed E-state index contributed by atoms with van der Waals surface area (Å²) in [5.41, 5.74) is 1.27. The molecule has 3 nitrogen and oxygen atoms in total. The number of hydrogen-bond donors (Lipinski definition) is 1. The van der Waals surface area contributed by atoms with E-state index in [1.54, 1.807) is 0 Å². The van der Waals surface area contributed by atoms with Crippen LogP contribution in [0.15, 0.2) is 54.6 Å². The quantitative estimate of drug-likeness (QED) is 0.751. The van der Waals surface area contributed by atoms with Crippen LogP contribution in [0.1, 0.15) is 12.0 Å². The number of nitrogens with one attached hydrogen (secondary N) is 1. The molecular weight excluding hydrogens is 260 g/mol. The smallest absolute Gasteiger partial charge is 0.127 e. The van der Waals surface area contributed by atoms with Crippen molar-refractivity contribution >= 4 is 0 Å². The SMILES string of the molecule is CNCCCN(C)Cc1cccc(Oc2ccccc2)c1. The van der Waals surface area contributed by atoms with Crippen molar-refractivity contribution in [2.24, 2.45) is 0 Å². The van der Waals surface area contributed by atoms with Gasteiger partial charge in [0.1, 0.15) is 11.5 Å². The molecule has 0 aromatic heterocycles. The first-order chi connectivity index (χ1) is 10.3. The van der Waals surface area contributed by atoms with E-state index >= 15 is 0 Å². The van der Waals surface area contributed by atoms with E-state index in [9.17, 15) is 0 Å². The van der Waals surface area contributed by atoms with Crippen molar-refractivity contribution in [2.75, 3.05) is 27.2 Å². The third-order valence-corrected chi connectivity index (χ3v) is 3.30. The van der Waals surface area contributed by atoms with Crippen molar-refractivity contribution in [3.05, 3.63) is 60.2 Å². The first-order valence-corrected chi connectivity index (χ1v) is 7.43. The van der Waals surface area contributed by atoms with Crippen LogP contribution in [0.4, 0.5) is 0 Å². The fraction of sp³-hybridized carbons (Fsp3) is 0.333. The second-order valence-electron chi connectivity index (χ2n) is 5.26. The first kappa shape index (κ1) is 15.5. The van der Waals surface area contributed by atoms with Crippen molar-refractivity contribution in [1.82, 2.24) is 10.2 Å². The van der Waals surface area contributed by atoms with E-state index in [1.165, 1.54) is 5.56 Å². The standard InChI is InChI=1S/C18H24N2O/c1-19-12-7-13-20(2)15-16-8-6-11-18(14-16)21-17-9-4-3-5-10-17/h3-6,8-11,14,19H,7,12-13,15H2,1-2H3. The fourth-order valence-corrected chi connectivity index (χ4v) is 2.25. The summed E-state index contributed by atoms with van der Waals surface area (Å²) < 4.78 is 5.87. The molecule has 1 N–H and O–H groups in total. The van der Waals surface area contributed by atoms with E-state index in [0.717, 1.165) is 37.6 Å². The molecule has 2 aromatic carbocycles. The Kier molecular flexibility index (Phi) is 6.25. The van der Waals surface area contributed by atoms with Gasteiger partial charge in [-0.15, -0.1) is 0 Å². The maximum absolute atomic E-state index is 5.87. The van der Waals surface area contributed by atoms with Crippen molar-refractivity contribution in [3.8, 4) is 11.5 Å². The lowest BCUT2D eigenvalue weighted by molar-refractivity contribution is 0.320. The van der Waals surface area contributed by atoms with Gasteiger partial charge in [-0.3, -0.25) is 0 Å². The summed E-state index contributed by atoms with van der Waals surface area (Å²) in [6.07, 6.45) is 1.16. The zero-order valence-electron chi connectivity index (χ0n) is 12.9. The molecule has 0 saturated heterocycles. The van der Waals surface area contributed by atoms with Gasteiger partial charge in [-0.25, -0.2) is 0 Å². The summed E-state index contributed by atoms with van der Waals surface area (Å²) in [4.78, 5) is 2.33. The number of nitrogens with zero attached hydrogens (tertiary/aromatic N) is 1. The molecule has 0 spiro atoms. The molecule has 112 valence electrons. The Morgan fingerprint density at radius 1 is 1.00 bits per heavy atom. The molecule has 0 aliphatic rings. The molecule has 0 atom stereocenters. The molecule has 0 radical (unpaired) electrons. The molecule has 0 bridgehead atoms. The monoisotopic (exact) mass is 284 g/mol. The largest absolute Gasteiger partial charge is 0.457 e. The molecule has 2 aromatic rings. The van der Waals surface area contributed by atoms with Crippen LogP contribution in [0.3, 0.4) is 0 Å². The summed E-state index contributed by atoms with van der Waals surface area (Å²) >= 11 is 0. The fourth-order valence-electron chi connectivity index (χ4n) is 2.25. The van der Waals surface area contributed by atoms with E-state index in [1.807, 2.05) is 43.4 Å². The van der Waals surface area contributed by atoms with Gasteiger partial charge in [0, 0.05) is 6.54 Å². The van der Waals surface area contributed by atoms with Crippen LogP contribution in [-0.2, 0) is 6.54 Å². The normalized spacial score (nSPS) is 10.8. The third-order valence-electron chi connectivity index (χ3n) is 3.30. The van der Waals surface area contributed by atoms with Gasteiger partial charge in [-0.2, -0.15) is 0 Å². The highest BCUT2D eigenvalue weighted by Crippen LogP contribution is 2.22. The van der Waals surface area contributed by atoms with Gasteiger partial charge < -0.3 is 15.0 Å². The van der Waals surface area contributed by atoms with Crippen LogP contribution in [0.5, 0.6) is 11.5 Å². The Bertz CT molecular complexity index is 528. The number of benzene rings is 2. The predicted molar refractivity (Wildman–Crippen MR) is 87.8 cm³/mol. The topological polar surface area (TPSA) is 24.5 Å². The second-order valence-corrected chi connectivity index (χ2v) is 5.26. The average Bonchev–Trinajstić information content (AvgIpc) is 2.49. The molecule has 0 heterocycles. The Morgan fingerprint density at radius 2 is 1.76 bits per heavy atom. The van der Waals surface area contributed by atoms with Gasteiger partial charge in [-0.05, 0) is 63.4 Å². The minimum absolute atomic E-state index is 0.872. The summed E-state index contributed by atoms with van der Waals surface area (Å²) in [6, 6.07) is 18.2. The van der Waals surface area contributed by atoms with Crippen LogP contribution in [0.2, 0.25) is 0 Å². The van der Waals surface area contributed by atoms with Gasteiger partial charge >= 0.3 is 0 Å². The lowest BCUT2D eigenvalue weighted by atomic mass is 10.2. The van der Waals surface area contributed by atoms with Gasteiger partial charge in [0.05, 0.1) is 0 Å². The lowest BCUT2D eigenvalue weighted by Gasteiger charge is -2.17. The van der Waals surface area contributed by atoms with Crippen LogP contribution >= 0.6 is 0 Å². The number of ether oxygens (including phenoxy) is 1. The minimum atomic E-state index is 0.872. The average molecular weight is 284 g/mol. The van der Waals surface area contributed by atoms with Crippen LogP contribution in [0.25, 0.3) is 0 Å². The second kappa shape index (κ2) is 8.45. The highest BCUT2D eigenvalue weighted by atomic mass is 16.5. The summed E-state index contributed by atoms with van der Waals surface area (Å²) in [6.45, 7) is 3.09. The molecule has 0 aliphatic carbocycles. The molecule has 0 unspecified atom stereocenters.